The number of benzene rings is 8. The first kappa shape index (κ1) is 26.2. The van der Waals surface area contributed by atoms with Crippen LogP contribution in [-0.4, -0.2) is 0 Å². The molecule has 0 radical (unpaired) electrons. The molecule has 0 heterocycles. The molecule has 0 fully saturated rings. The van der Waals surface area contributed by atoms with Crippen LogP contribution in [0.3, 0.4) is 0 Å². The molecule has 0 aliphatic heterocycles. The Morgan fingerprint density at radius 3 is 1.36 bits per heavy atom. The molecular formula is C44H32. The van der Waals surface area contributed by atoms with Crippen molar-refractivity contribution in [2.45, 2.75) is 13.8 Å². The van der Waals surface area contributed by atoms with Gasteiger partial charge in [-0.25, -0.2) is 0 Å². The molecule has 0 nitrogen and oxygen atoms in total. The largest absolute Gasteiger partial charge is 0.0622 e. The summed E-state index contributed by atoms with van der Waals surface area (Å²) in [5, 5.41) is 7.65. The summed E-state index contributed by atoms with van der Waals surface area (Å²) in [5.41, 5.74) is 12.6. The van der Waals surface area contributed by atoms with E-state index in [2.05, 4.69) is 172 Å². The summed E-state index contributed by atoms with van der Waals surface area (Å²) < 4.78 is 0. The predicted molar refractivity (Wildman–Crippen MR) is 190 cm³/mol. The third kappa shape index (κ3) is 4.48. The molecule has 0 saturated heterocycles. The normalized spacial score (nSPS) is 11.4. The second-order valence-electron chi connectivity index (χ2n) is 11.9. The molecule has 0 aliphatic rings. The molecule has 0 aromatic heterocycles. The van der Waals surface area contributed by atoms with Crippen LogP contribution in [-0.2, 0) is 0 Å². The molecule has 44 heavy (non-hydrogen) atoms. The second-order valence-corrected chi connectivity index (χ2v) is 11.9. The zero-order valence-electron chi connectivity index (χ0n) is 25.0. The van der Waals surface area contributed by atoms with Gasteiger partial charge in [-0.2, -0.15) is 0 Å². The minimum absolute atomic E-state index is 1.23. The van der Waals surface area contributed by atoms with Gasteiger partial charge in [0.05, 0.1) is 0 Å². The summed E-state index contributed by atoms with van der Waals surface area (Å²) in [6.45, 7) is 4.40. The van der Waals surface area contributed by atoms with Crippen molar-refractivity contribution in [1.29, 1.82) is 0 Å². The van der Waals surface area contributed by atoms with Gasteiger partial charge >= 0.3 is 0 Å². The zero-order chi connectivity index (χ0) is 29.6. The molecule has 0 aliphatic carbocycles. The van der Waals surface area contributed by atoms with Crippen LogP contribution >= 0.6 is 0 Å². The minimum atomic E-state index is 1.23. The minimum Gasteiger partial charge on any atom is -0.0622 e. The molecule has 0 saturated carbocycles. The molecule has 0 unspecified atom stereocenters. The average molecular weight is 561 g/mol. The van der Waals surface area contributed by atoms with E-state index in [4.69, 9.17) is 0 Å². The van der Waals surface area contributed by atoms with Crippen LogP contribution in [0.2, 0.25) is 0 Å². The van der Waals surface area contributed by atoms with E-state index in [1.165, 1.54) is 88.0 Å². The van der Waals surface area contributed by atoms with E-state index < -0.39 is 0 Å². The molecule has 8 aromatic rings. The monoisotopic (exact) mass is 560 g/mol. The maximum Gasteiger partial charge on any atom is -0.00198 e. The standard InChI is InChI=1S/C44H32/c1-29-18-24-38-40(25-29)43(34-21-19-32(20-22-34)31-11-5-3-6-12-31)37-23-17-30(2)26-41(37)44(38)42-28-36-16-10-9-15-35(36)27-39(42)33-13-7-4-8-14-33/h3-28H,1-2H3. The molecule has 208 valence electrons. The molecule has 8 aromatic carbocycles. The quantitative estimate of drug-likeness (QED) is 0.188. The van der Waals surface area contributed by atoms with Gasteiger partial charge in [-0.05, 0) is 103 Å². The Labute approximate surface area is 258 Å². The second kappa shape index (κ2) is 10.7. The van der Waals surface area contributed by atoms with Gasteiger partial charge in [-0.3, -0.25) is 0 Å². The van der Waals surface area contributed by atoms with Gasteiger partial charge < -0.3 is 0 Å². The average Bonchev–Trinajstić information content (AvgIpc) is 3.07. The number of fused-ring (bicyclic) bond motifs is 3. The fraction of sp³-hybridized carbons (Fsp3) is 0.0455. The lowest BCUT2D eigenvalue weighted by molar-refractivity contribution is 1.49. The van der Waals surface area contributed by atoms with Crippen molar-refractivity contribution in [3.63, 3.8) is 0 Å². The lowest BCUT2D eigenvalue weighted by atomic mass is 9.82. The predicted octanol–water partition coefficient (Wildman–Crippen LogP) is 12.4. The van der Waals surface area contributed by atoms with Crippen molar-refractivity contribution < 1.29 is 0 Å². The van der Waals surface area contributed by atoms with Crippen LogP contribution in [0.1, 0.15) is 11.1 Å². The van der Waals surface area contributed by atoms with E-state index in [1.54, 1.807) is 0 Å². The van der Waals surface area contributed by atoms with E-state index in [0.29, 0.717) is 0 Å². The first-order chi connectivity index (χ1) is 21.6. The Bertz CT molecular complexity index is 2310. The zero-order valence-corrected chi connectivity index (χ0v) is 25.0. The van der Waals surface area contributed by atoms with Gasteiger partial charge in [0.2, 0.25) is 0 Å². The highest BCUT2D eigenvalue weighted by Crippen LogP contribution is 2.47. The summed E-state index contributed by atoms with van der Waals surface area (Å²) in [5.74, 6) is 0. The highest BCUT2D eigenvalue weighted by atomic mass is 14.2. The van der Waals surface area contributed by atoms with Gasteiger partial charge in [0.25, 0.3) is 0 Å². The Morgan fingerprint density at radius 1 is 0.295 bits per heavy atom. The smallest absolute Gasteiger partial charge is 0.00198 e. The fourth-order valence-corrected chi connectivity index (χ4v) is 6.82. The van der Waals surface area contributed by atoms with Crippen molar-refractivity contribution in [1.82, 2.24) is 0 Å². The van der Waals surface area contributed by atoms with Crippen molar-refractivity contribution in [3.05, 3.63) is 169 Å². The lowest BCUT2D eigenvalue weighted by Crippen LogP contribution is -1.94. The molecule has 0 bridgehead atoms. The van der Waals surface area contributed by atoms with E-state index in [9.17, 15) is 0 Å². The lowest BCUT2D eigenvalue weighted by Gasteiger charge is -2.21. The Balaban J connectivity index is 1.48. The number of hydrogen-bond acceptors (Lipinski definition) is 0. The molecule has 0 heteroatoms. The van der Waals surface area contributed by atoms with Crippen LogP contribution in [0.25, 0.3) is 76.8 Å². The van der Waals surface area contributed by atoms with Gasteiger partial charge in [0.1, 0.15) is 0 Å². The van der Waals surface area contributed by atoms with Gasteiger partial charge in [-0.1, -0.05) is 157 Å². The van der Waals surface area contributed by atoms with E-state index in [-0.39, 0.29) is 0 Å². The van der Waals surface area contributed by atoms with Crippen LogP contribution in [0, 0.1) is 13.8 Å². The van der Waals surface area contributed by atoms with Gasteiger partial charge in [0, 0.05) is 0 Å². The van der Waals surface area contributed by atoms with Crippen molar-refractivity contribution in [2.24, 2.45) is 0 Å². The van der Waals surface area contributed by atoms with Crippen LogP contribution in [0.4, 0.5) is 0 Å². The number of hydrogen-bond donors (Lipinski definition) is 0. The number of rotatable bonds is 4. The van der Waals surface area contributed by atoms with Gasteiger partial charge in [-0.15, -0.1) is 0 Å². The maximum absolute atomic E-state index is 2.41. The van der Waals surface area contributed by atoms with Crippen molar-refractivity contribution in [3.8, 4) is 44.5 Å². The Kier molecular flexibility index (Phi) is 6.35. The highest BCUT2D eigenvalue weighted by molar-refractivity contribution is 6.23. The van der Waals surface area contributed by atoms with E-state index >= 15 is 0 Å². The fourth-order valence-electron chi connectivity index (χ4n) is 6.82. The Hall–Kier alpha value is -5.46. The van der Waals surface area contributed by atoms with Crippen molar-refractivity contribution in [2.75, 3.05) is 0 Å². The molecule has 0 N–H and O–H groups in total. The Morgan fingerprint density at radius 2 is 0.750 bits per heavy atom. The first-order valence-corrected chi connectivity index (χ1v) is 15.4. The number of aryl methyl sites for hydroxylation is 2. The molecule has 0 atom stereocenters. The SMILES string of the molecule is Cc1ccc2c(-c3cc4ccccc4cc3-c3ccccc3)c3cc(C)ccc3c(-c3ccc(-c4ccccc4)cc3)c2c1. The van der Waals surface area contributed by atoms with Crippen molar-refractivity contribution >= 4 is 32.3 Å². The van der Waals surface area contributed by atoms with E-state index in [1.807, 2.05) is 0 Å². The summed E-state index contributed by atoms with van der Waals surface area (Å²) in [6, 6.07) is 58.0. The van der Waals surface area contributed by atoms with E-state index in [0.717, 1.165) is 0 Å². The molecular weight excluding hydrogens is 528 g/mol. The van der Waals surface area contributed by atoms with Crippen LogP contribution < -0.4 is 0 Å². The van der Waals surface area contributed by atoms with Crippen LogP contribution in [0.15, 0.2) is 158 Å². The topological polar surface area (TPSA) is 0 Å². The maximum atomic E-state index is 2.41. The third-order valence-corrected chi connectivity index (χ3v) is 8.95. The molecule has 8 rings (SSSR count). The summed E-state index contributed by atoms with van der Waals surface area (Å²) in [4.78, 5) is 0. The van der Waals surface area contributed by atoms with Gasteiger partial charge in [0.15, 0.2) is 0 Å². The summed E-state index contributed by atoms with van der Waals surface area (Å²) >= 11 is 0. The summed E-state index contributed by atoms with van der Waals surface area (Å²) in [7, 11) is 0. The molecule has 0 spiro atoms. The van der Waals surface area contributed by atoms with Crippen LogP contribution in [0.5, 0.6) is 0 Å². The first-order valence-electron chi connectivity index (χ1n) is 15.4. The molecule has 0 amide bonds. The highest BCUT2D eigenvalue weighted by Gasteiger charge is 2.20. The third-order valence-electron chi connectivity index (χ3n) is 8.95. The summed E-state index contributed by atoms with van der Waals surface area (Å²) in [6.07, 6.45) is 0.